The smallest absolute Gasteiger partial charge is 0.241 e. The lowest BCUT2D eigenvalue weighted by Gasteiger charge is -2.09. The number of hydrogen-bond donors (Lipinski definition) is 0. The number of nitrogens with zero attached hydrogens (tertiary/aromatic N) is 2. The first-order valence-corrected chi connectivity index (χ1v) is 5.97. The molecule has 2 aromatic rings. The summed E-state index contributed by atoms with van der Waals surface area (Å²) in [5.74, 6) is -0.919. The molecule has 7 heteroatoms. The van der Waals surface area contributed by atoms with Gasteiger partial charge in [-0.15, -0.1) is 0 Å². The van der Waals surface area contributed by atoms with Crippen LogP contribution in [0.5, 0.6) is 0 Å². The van der Waals surface area contributed by atoms with E-state index in [9.17, 15) is 17.6 Å². The zero-order valence-electron chi connectivity index (χ0n) is 9.38. The fourth-order valence-corrected chi connectivity index (χ4v) is 1.95. The van der Waals surface area contributed by atoms with Gasteiger partial charge in [0.15, 0.2) is 0 Å². The summed E-state index contributed by atoms with van der Waals surface area (Å²) < 4.78 is 51.4. The van der Waals surface area contributed by atoms with E-state index in [1.807, 2.05) is 0 Å². The van der Waals surface area contributed by atoms with Crippen LogP contribution in [-0.4, -0.2) is 9.97 Å². The maximum absolute atomic E-state index is 13.2. The van der Waals surface area contributed by atoms with Gasteiger partial charge in [-0.3, -0.25) is 0 Å². The number of rotatable bonds is 2. The molecule has 0 fully saturated rings. The Balaban J connectivity index is 2.33. The van der Waals surface area contributed by atoms with Gasteiger partial charge in [0.1, 0.15) is 16.7 Å². The van der Waals surface area contributed by atoms with Gasteiger partial charge < -0.3 is 0 Å². The van der Waals surface area contributed by atoms with Crippen LogP contribution in [0.15, 0.2) is 35.2 Å². The van der Waals surface area contributed by atoms with Crippen molar-refractivity contribution in [2.24, 2.45) is 0 Å². The van der Waals surface area contributed by atoms with Gasteiger partial charge in [0, 0.05) is 12.1 Å². The Labute approximate surface area is 114 Å². The van der Waals surface area contributed by atoms with Gasteiger partial charge in [-0.2, -0.15) is 13.2 Å². The van der Waals surface area contributed by atoms with Crippen LogP contribution in [0.4, 0.5) is 17.6 Å². The van der Waals surface area contributed by atoms with Crippen LogP contribution < -0.4 is 0 Å². The molecule has 0 aliphatic heterocycles. The SMILES string of the molecule is Fc1cc(Cc2cc(Br)ncn2)cc(C(F)(F)F)c1. The van der Waals surface area contributed by atoms with Crippen LogP contribution in [0.25, 0.3) is 0 Å². The molecule has 0 amide bonds. The fourth-order valence-electron chi connectivity index (χ4n) is 1.59. The molecule has 0 saturated carbocycles. The highest BCUT2D eigenvalue weighted by Gasteiger charge is 2.31. The van der Waals surface area contributed by atoms with E-state index < -0.39 is 17.6 Å². The van der Waals surface area contributed by atoms with Crippen molar-refractivity contribution in [3.05, 3.63) is 57.8 Å². The quantitative estimate of drug-likeness (QED) is 0.613. The van der Waals surface area contributed by atoms with Gasteiger partial charge in [-0.25, -0.2) is 14.4 Å². The van der Waals surface area contributed by atoms with E-state index in [0.717, 1.165) is 12.1 Å². The van der Waals surface area contributed by atoms with E-state index in [2.05, 4.69) is 25.9 Å². The lowest BCUT2D eigenvalue weighted by molar-refractivity contribution is -0.137. The first-order valence-electron chi connectivity index (χ1n) is 5.18. The minimum Gasteiger partial charge on any atom is -0.241 e. The number of hydrogen-bond acceptors (Lipinski definition) is 2. The molecule has 0 atom stereocenters. The van der Waals surface area contributed by atoms with Crippen molar-refractivity contribution in [3.63, 3.8) is 0 Å². The third-order valence-electron chi connectivity index (χ3n) is 2.36. The Bertz CT molecular complexity index is 599. The molecule has 1 aromatic heterocycles. The van der Waals surface area contributed by atoms with Crippen molar-refractivity contribution >= 4 is 15.9 Å². The minimum atomic E-state index is -4.57. The summed E-state index contributed by atoms with van der Waals surface area (Å²) in [6.07, 6.45) is -3.19. The zero-order valence-corrected chi connectivity index (χ0v) is 11.0. The van der Waals surface area contributed by atoms with Crippen molar-refractivity contribution in [2.45, 2.75) is 12.6 Å². The standard InChI is InChI=1S/C12H7BrF4N2/c13-11-5-10(18-6-19-11)3-7-1-8(12(15,16)17)4-9(14)2-7/h1-2,4-6H,3H2. The molecule has 0 spiro atoms. The highest BCUT2D eigenvalue weighted by atomic mass is 79.9. The fraction of sp³-hybridized carbons (Fsp3) is 0.167. The monoisotopic (exact) mass is 334 g/mol. The molecule has 0 unspecified atom stereocenters. The van der Waals surface area contributed by atoms with Crippen molar-refractivity contribution < 1.29 is 17.6 Å². The van der Waals surface area contributed by atoms with Gasteiger partial charge in [0.25, 0.3) is 0 Å². The summed E-state index contributed by atoms with van der Waals surface area (Å²) in [5, 5.41) is 0. The molecule has 100 valence electrons. The topological polar surface area (TPSA) is 25.8 Å². The van der Waals surface area contributed by atoms with Crippen LogP contribution in [0.1, 0.15) is 16.8 Å². The third-order valence-corrected chi connectivity index (χ3v) is 2.79. The summed E-state index contributed by atoms with van der Waals surface area (Å²) in [4.78, 5) is 7.72. The number of aromatic nitrogens is 2. The average Bonchev–Trinajstić information content (AvgIpc) is 2.26. The molecule has 1 aromatic carbocycles. The Kier molecular flexibility index (Phi) is 3.84. The predicted octanol–water partition coefficient (Wildman–Crippen LogP) is 3.99. The van der Waals surface area contributed by atoms with Crippen molar-refractivity contribution in [1.29, 1.82) is 0 Å². The molecule has 0 N–H and O–H groups in total. The highest BCUT2D eigenvalue weighted by molar-refractivity contribution is 9.10. The Morgan fingerprint density at radius 2 is 1.79 bits per heavy atom. The van der Waals surface area contributed by atoms with E-state index in [1.165, 1.54) is 6.33 Å². The maximum atomic E-state index is 13.2. The largest absolute Gasteiger partial charge is 0.416 e. The van der Waals surface area contributed by atoms with Gasteiger partial charge in [-0.1, -0.05) is 0 Å². The van der Waals surface area contributed by atoms with E-state index in [4.69, 9.17) is 0 Å². The Morgan fingerprint density at radius 3 is 2.42 bits per heavy atom. The summed E-state index contributed by atoms with van der Waals surface area (Å²) in [6.45, 7) is 0. The van der Waals surface area contributed by atoms with E-state index in [-0.39, 0.29) is 12.0 Å². The molecule has 0 aliphatic carbocycles. The molecule has 0 bridgehead atoms. The maximum Gasteiger partial charge on any atom is 0.416 e. The molecule has 19 heavy (non-hydrogen) atoms. The molecule has 0 aliphatic rings. The molecule has 0 radical (unpaired) electrons. The van der Waals surface area contributed by atoms with Crippen LogP contribution >= 0.6 is 15.9 Å². The summed E-state index contributed by atoms with van der Waals surface area (Å²) >= 11 is 3.13. The Morgan fingerprint density at radius 1 is 1.05 bits per heavy atom. The molecule has 1 heterocycles. The second-order valence-corrected chi connectivity index (χ2v) is 4.67. The number of benzene rings is 1. The van der Waals surface area contributed by atoms with Crippen LogP contribution in [0.3, 0.4) is 0 Å². The second kappa shape index (κ2) is 5.24. The van der Waals surface area contributed by atoms with Crippen molar-refractivity contribution in [1.82, 2.24) is 9.97 Å². The van der Waals surface area contributed by atoms with Crippen LogP contribution in [-0.2, 0) is 12.6 Å². The normalized spacial score (nSPS) is 11.6. The summed E-state index contributed by atoms with van der Waals surface area (Å²) in [6, 6.07) is 4.02. The lowest BCUT2D eigenvalue weighted by atomic mass is 10.1. The van der Waals surface area contributed by atoms with Crippen molar-refractivity contribution in [3.8, 4) is 0 Å². The highest BCUT2D eigenvalue weighted by Crippen LogP contribution is 2.30. The van der Waals surface area contributed by atoms with Crippen LogP contribution in [0.2, 0.25) is 0 Å². The number of halogens is 5. The van der Waals surface area contributed by atoms with E-state index >= 15 is 0 Å². The summed E-state index contributed by atoms with van der Waals surface area (Å²) in [5.41, 5.74) is -0.297. The van der Waals surface area contributed by atoms with E-state index in [0.29, 0.717) is 16.4 Å². The summed E-state index contributed by atoms with van der Waals surface area (Å²) in [7, 11) is 0. The van der Waals surface area contributed by atoms with Gasteiger partial charge in [-0.05, 0) is 45.8 Å². The molecule has 0 saturated heterocycles. The lowest BCUT2D eigenvalue weighted by Crippen LogP contribution is -2.07. The average molecular weight is 335 g/mol. The molecular formula is C12H7BrF4N2. The van der Waals surface area contributed by atoms with Gasteiger partial charge >= 0.3 is 6.18 Å². The second-order valence-electron chi connectivity index (χ2n) is 3.85. The third kappa shape index (κ3) is 3.73. The molecule has 2 nitrogen and oxygen atoms in total. The molecule has 2 rings (SSSR count). The number of alkyl halides is 3. The Hall–Kier alpha value is -1.50. The zero-order chi connectivity index (χ0) is 14.0. The van der Waals surface area contributed by atoms with Crippen molar-refractivity contribution in [2.75, 3.05) is 0 Å². The first kappa shape index (κ1) is 13.9. The van der Waals surface area contributed by atoms with E-state index in [1.54, 1.807) is 6.07 Å². The van der Waals surface area contributed by atoms with Gasteiger partial charge in [0.05, 0.1) is 5.56 Å². The minimum absolute atomic E-state index is 0.0992. The van der Waals surface area contributed by atoms with Crippen LogP contribution in [0, 0.1) is 5.82 Å². The van der Waals surface area contributed by atoms with Gasteiger partial charge in [0.2, 0.25) is 0 Å². The molecular weight excluding hydrogens is 328 g/mol. The first-order chi connectivity index (χ1) is 8.84. The predicted molar refractivity (Wildman–Crippen MR) is 63.9 cm³/mol.